The van der Waals surface area contributed by atoms with Crippen LogP contribution in [0.4, 0.5) is 4.79 Å². The molecule has 0 aromatic rings. The van der Waals surface area contributed by atoms with Crippen LogP contribution in [0.2, 0.25) is 0 Å². The van der Waals surface area contributed by atoms with Crippen LogP contribution in [0, 0.1) is 0 Å². The summed E-state index contributed by atoms with van der Waals surface area (Å²) in [5.74, 6) is -0.100. The van der Waals surface area contributed by atoms with E-state index in [2.05, 4.69) is 0 Å². The molecule has 1 fully saturated rings. The van der Waals surface area contributed by atoms with Crippen LogP contribution in [0.1, 0.15) is 40.0 Å². The second-order valence-electron chi connectivity index (χ2n) is 5.63. The van der Waals surface area contributed by atoms with Crippen molar-refractivity contribution >= 4 is 16.1 Å². The van der Waals surface area contributed by atoms with Gasteiger partial charge in [-0.25, -0.2) is 18.4 Å². The molecule has 1 rings (SSSR count). The molecule has 0 radical (unpaired) electrons. The predicted octanol–water partition coefficient (Wildman–Crippen LogP) is 1.06. The minimum Gasteiger partial charge on any atom is -0.444 e. The van der Waals surface area contributed by atoms with E-state index in [1.54, 1.807) is 25.7 Å². The molecule has 18 heavy (non-hydrogen) atoms. The van der Waals surface area contributed by atoms with Gasteiger partial charge in [-0.15, -0.1) is 0 Å². The fourth-order valence-electron chi connectivity index (χ4n) is 2.00. The number of carbonyl (C=O) groups is 1. The van der Waals surface area contributed by atoms with E-state index in [1.807, 2.05) is 0 Å². The van der Waals surface area contributed by atoms with Crippen LogP contribution >= 0.6 is 0 Å². The van der Waals surface area contributed by atoms with Crippen molar-refractivity contribution < 1.29 is 17.9 Å². The minimum absolute atomic E-state index is 0.0850. The van der Waals surface area contributed by atoms with E-state index in [0.717, 1.165) is 12.8 Å². The summed E-state index contributed by atoms with van der Waals surface area (Å²) < 4.78 is 27.2. The highest BCUT2D eigenvalue weighted by molar-refractivity contribution is 7.89. The minimum atomic E-state index is -3.47. The molecule has 0 aliphatic carbocycles. The molecule has 0 bridgehead atoms. The highest BCUT2D eigenvalue weighted by Crippen LogP contribution is 2.23. The molecule has 106 valence electrons. The van der Waals surface area contributed by atoms with Crippen LogP contribution in [0.25, 0.3) is 0 Å². The first-order chi connectivity index (χ1) is 8.08. The zero-order valence-corrected chi connectivity index (χ0v) is 12.0. The van der Waals surface area contributed by atoms with Gasteiger partial charge in [-0.1, -0.05) is 0 Å². The molecule has 1 atom stereocenters. The number of sulfonamides is 1. The molecular formula is C11H22N2O4S. The molecule has 0 aromatic heterocycles. The topological polar surface area (TPSA) is 89.7 Å². The van der Waals surface area contributed by atoms with Gasteiger partial charge in [-0.3, -0.25) is 0 Å². The number of rotatable bonds is 3. The zero-order chi connectivity index (χ0) is 14.0. The van der Waals surface area contributed by atoms with Gasteiger partial charge in [0.15, 0.2) is 0 Å². The SMILES string of the molecule is CC(C)(C)OC(=O)N1CCC[C@H]1CCS(N)(=O)=O. The first-order valence-electron chi connectivity index (χ1n) is 6.08. The van der Waals surface area contributed by atoms with Crippen LogP contribution in [0.3, 0.4) is 0 Å². The third-order valence-corrected chi connectivity index (χ3v) is 3.55. The van der Waals surface area contributed by atoms with Gasteiger partial charge in [-0.2, -0.15) is 0 Å². The van der Waals surface area contributed by atoms with Crippen molar-refractivity contribution in [1.29, 1.82) is 0 Å². The second kappa shape index (κ2) is 5.44. The van der Waals surface area contributed by atoms with Crippen molar-refractivity contribution in [2.45, 2.75) is 51.7 Å². The Morgan fingerprint density at radius 2 is 2.06 bits per heavy atom. The predicted molar refractivity (Wildman–Crippen MR) is 68.6 cm³/mol. The number of carbonyl (C=O) groups excluding carboxylic acids is 1. The maximum absolute atomic E-state index is 11.9. The summed E-state index contributed by atoms with van der Waals surface area (Å²) in [4.78, 5) is 13.5. The number of nitrogens with two attached hydrogens (primary N) is 1. The van der Waals surface area contributed by atoms with Crippen LogP contribution in [0.15, 0.2) is 0 Å². The monoisotopic (exact) mass is 278 g/mol. The third-order valence-electron chi connectivity index (χ3n) is 2.74. The highest BCUT2D eigenvalue weighted by Gasteiger charge is 2.32. The Kier molecular flexibility index (Phi) is 4.61. The van der Waals surface area contributed by atoms with Gasteiger partial charge in [0.25, 0.3) is 0 Å². The second-order valence-corrected chi connectivity index (χ2v) is 7.36. The van der Waals surface area contributed by atoms with Crippen LogP contribution in [-0.4, -0.2) is 43.4 Å². The molecule has 7 heteroatoms. The van der Waals surface area contributed by atoms with Crippen molar-refractivity contribution in [3.8, 4) is 0 Å². The molecule has 6 nitrogen and oxygen atoms in total. The largest absolute Gasteiger partial charge is 0.444 e. The number of hydrogen-bond acceptors (Lipinski definition) is 4. The number of amides is 1. The molecule has 0 saturated carbocycles. The van der Waals surface area contributed by atoms with Gasteiger partial charge in [0.2, 0.25) is 10.0 Å². The summed E-state index contributed by atoms with van der Waals surface area (Å²) in [5, 5.41) is 4.97. The van der Waals surface area contributed by atoms with E-state index in [4.69, 9.17) is 9.88 Å². The molecule has 0 unspecified atom stereocenters. The van der Waals surface area contributed by atoms with Gasteiger partial charge in [-0.05, 0) is 40.0 Å². The molecular weight excluding hydrogens is 256 g/mol. The van der Waals surface area contributed by atoms with Crippen molar-refractivity contribution in [3.63, 3.8) is 0 Å². The van der Waals surface area contributed by atoms with Gasteiger partial charge in [0.1, 0.15) is 5.60 Å². The molecule has 1 amide bonds. The number of primary sulfonamides is 1. The molecule has 0 aromatic carbocycles. The van der Waals surface area contributed by atoms with E-state index in [-0.39, 0.29) is 17.9 Å². The lowest BCUT2D eigenvalue weighted by molar-refractivity contribution is 0.0224. The molecule has 1 aliphatic heterocycles. The smallest absolute Gasteiger partial charge is 0.410 e. The Hall–Kier alpha value is -0.820. The van der Waals surface area contributed by atoms with Crippen LogP contribution in [-0.2, 0) is 14.8 Å². The summed E-state index contributed by atoms with van der Waals surface area (Å²) in [6.45, 7) is 6.03. The number of ether oxygens (including phenoxy) is 1. The van der Waals surface area contributed by atoms with Crippen molar-refractivity contribution in [2.24, 2.45) is 5.14 Å². The van der Waals surface area contributed by atoms with Gasteiger partial charge >= 0.3 is 6.09 Å². The normalized spacial score (nSPS) is 21.1. The highest BCUT2D eigenvalue weighted by atomic mass is 32.2. The Morgan fingerprint density at radius 3 is 2.56 bits per heavy atom. The fraction of sp³-hybridized carbons (Fsp3) is 0.909. The van der Waals surface area contributed by atoms with Crippen LogP contribution in [0.5, 0.6) is 0 Å². The Bertz CT molecular complexity index is 400. The Balaban J connectivity index is 2.57. The molecule has 0 spiro atoms. The van der Waals surface area contributed by atoms with Crippen LogP contribution < -0.4 is 5.14 Å². The summed E-state index contributed by atoms with van der Waals surface area (Å²) in [6.07, 6.45) is 1.67. The maximum atomic E-state index is 11.9. The Morgan fingerprint density at radius 1 is 1.44 bits per heavy atom. The summed E-state index contributed by atoms with van der Waals surface area (Å²) in [7, 11) is -3.47. The number of nitrogens with zero attached hydrogens (tertiary/aromatic N) is 1. The average Bonchev–Trinajstić information content (AvgIpc) is 2.58. The van der Waals surface area contributed by atoms with Gasteiger partial charge in [0, 0.05) is 12.6 Å². The molecule has 2 N–H and O–H groups in total. The number of hydrogen-bond donors (Lipinski definition) is 1. The molecule has 1 heterocycles. The maximum Gasteiger partial charge on any atom is 0.410 e. The van der Waals surface area contributed by atoms with Crippen molar-refractivity contribution in [1.82, 2.24) is 4.90 Å². The summed E-state index contributed by atoms with van der Waals surface area (Å²) in [6, 6.07) is -0.0850. The van der Waals surface area contributed by atoms with Crippen molar-refractivity contribution in [2.75, 3.05) is 12.3 Å². The third kappa shape index (κ3) is 5.22. The summed E-state index contributed by atoms with van der Waals surface area (Å²) in [5.41, 5.74) is -0.538. The lowest BCUT2D eigenvalue weighted by Gasteiger charge is -2.28. The first-order valence-corrected chi connectivity index (χ1v) is 7.80. The lowest BCUT2D eigenvalue weighted by atomic mass is 10.2. The quantitative estimate of drug-likeness (QED) is 0.836. The van der Waals surface area contributed by atoms with Gasteiger partial charge in [0.05, 0.1) is 5.75 Å². The van der Waals surface area contributed by atoms with Gasteiger partial charge < -0.3 is 9.64 Å². The first kappa shape index (κ1) is 15.2. The summed E-state index contributed by atoms with van der Waals surface area (Å²) >= 11 is 0. The van der Waals surface area contributed by atoms with Crippen molar-refractivity contribution in [3.05, 3.63) is 0 Å². The standard InChI is InChI=1S/C11H22N2O4S/c1-11(2,3)17-10(14)13-7-4-5-9(13)6-8-18(12,15)16/h9H,4-8H2,1-3H3,(H2,12,15,16)/t9-/m0/s1. The lowest BCUT2D eigenvalue weighted by Crippen LogP contribution is -2.40. The Labute approximate surface area is 109 Å². The zero-order valence-electron chi connectivity index (χ0n) is 11.2. The fourth-order valence-corrected chi connectivity index (χ4v) is 2.60. The molecule has 1 aliphatic rings. The van der Waals surface area contributed by atoms with E-state index in [9.17, 15) is 13.2 Å². The van der Waals surface area contributed by atoms with E-state index < -0.39 is 15.6 Å². The van der Waals surface area contributed by atoms with E-state index in [0.29, 0.717) is 13.0 Å². The average molecular weight is 278 g/mol. The molecule has 1 saturated heterocycles. The number of likely N-dealkylation sites (tertiary alicyclic amines) is 1. The van der Waals surface area contributed by atoms with E-state index in [1.165, 1.54) is 0 Å². The van der Waals surface area contributed by atoms with E-state index >= 15 is 0 Å².